The van der Waals surface area contributed by atoms with Gasteiger partial charge in [0.15, 0.2) is 5.82 Å². The van der Waals surface area contributed by atoms with E-state index in [4.69, 9.17) is 10.00 Å². The summed E-state index contributed by atoms with van der Waals surface area (Å²) >= 11 is 0. The van der Waals surface area contributed by atoms with Gasteiger partial charge in [0.25, 0.3) is 5.92 Å². The van der Waals surface area contributed by atoms with Gasteiger partial charge in [0.2, 0.25) is 0 Å². The molecular weight excluding hydrogens is 414 g/mol. The standard InChI is InChI=1S/C20H13F4N3O2.C2H6/c1-27-18(15(22)9-26-27)13-2-3-16(14-7-20(23,24)19(28)17(13)14)29-12-5-10(8-25)4-11(21)6-12;1-2/h2-6,9,19,28H,7H2,1H3;1-2H3. The summed E-state index contributed by atoms with van der Waals surface area (Å²) in [5.74, 6) is -5.06. The Bertz CT molecular complexity index is 1150. The SMILES string of the molecule is CC.Cn1ncc(F)c1-c1ccc(Oc2cc(F)cc(C#N)c2)c2c1C(O)C(F)(F)C2. The molecule has 9 heteroatoms. The minimum absolute atomic E-state index is 0.00409. The van der Waals surface area contributed by atoms with Gasteiger partial charge in [0.05, 0.1) is 17.8 Å². The van der Waals surface area contributed by atoms with E-state index in [1.165, 1.54) is 29.9 Å². The smallest absolute Gasteiger partial charge is 0.281 e. The quantitative estimate of drug-likeness (QED) is 0.571. The number of halogens is 4. The summed E-state index contributed by atoms with van der Waals surface area (Å²) in [6.07, 6.45) is -2.07. The molecular formula is C22H19F4N3O2. The van der Waals surface area contributed by atoms with Crippen molar-refractivity contribution < 1.29 is 27.4 Å². The Morgan fingerprint density at radius 3 is 2.55 bits per heavy atom. The minimum Gasteiger partial charge on any atom is -0.457 e. The van der Waals surface area contributed by atoms with E-state index in [9.17, 15) is 22.7 Å². The van der Waals surface area contributed by atoms with Gasteiger partial charge in [0, 0.05) is 36.2 Å². The normalized spacial score (nSPS) is 16.2. The van der Waals surface area contributed by atoms with Gasteiger partial charge in [-0.1, -0.05) is 13.8 Å². The first kappa shape index (κ1) is 22.3. The van der Waals surface area contributed by atoms with Crippen LogP contribution in [0.5, 0.6) is 11.5 Å². The summed E-state index contributed by atoms with van der Waals surface area (Å²) in [6.45, 7) is 4.00. The molecule has 1 unspecified atom stereocenters. The number of aryl methyl sites for hydroxylation is 1. The summed E-state index contributed by atoms with van der Waals surface area (Å²) in [5, 5.41) is 23.0. The molecule has 0 fully saturated rings. The number of alkyl halides is 2. The molecule has 0 amide bonds. The third-order valence-electron chi connectivity index (χ3n) is 4.78. The molecule has 1 aromatic heterocycles. The molecule has 4 rings (SSSR count). The predicted molar refractivity (Wildman–Crippen MR) is 105 cm³/mol. The van der Waals surface area contributed by atoms with Crippen molar-refractivity contribution in [2.75, 3.05) is 0 Å². The Hall–Kier alpha value is -3.38. The van der Waals surface area contributed by atoms with Gasteiger partial charge in [-0.05, 0) is 24.3 Å². The monoisotopic (exact) mass is 433 g/mol. The van der Waals surface area contributed by atoms with Crippen molar-refractivity contribution in [2.45, 2.75) is 32.3 Å². The van der Waals surface area contributed by atoms with Crippen LogP contribution in [-0.2, 0) is 13.5 Å². The fourth-order valence-corrected chi connectivity index (χ4v) is 3.51. The number of ether oxygens (including phenoxy) is 1. The Balaban J connectivity index is 0.00000132. The molecule has 0 saturated carbocycles. The van der Waals surface area contributed by atoms with E-state index >= 15 is 0 Å². The second-order valence-electron chi connectivity index (χ2n) is 6.70. The van der Waals surface area contributed by atoms with Gasteiger partial charge in [-0.3, -0.25) is 4.68 Å². The number of nitrogens with zero attached hydrogens (tertiary/aromatic N) is 3. The molecule has 0 spiro atoms. The van der Waals surface area contributed by atoms with Crippen LogP contribution in [0.15, 0.2) is 36.5 Å². The highest BCUT2D eigenvalue weighted by Crippen LogP contribution is 2.51. The second-order valence-corrected chi connectivity index (χ2v) is 6.70. The maximum absolute atomic E-state index is 14.3. The number of rotatable bonds is 3. The number of nitriles is 1. The molecule has 1 aliphatic carbocycles. The van der Waals surface area contributed by atoms with Crippen LogP contribution in [0.25, 0.3) is 11.3 Å². The zero-order valence-corrected chi connectivity index (χ0v) is 17.0. The molecule has 2 aromatic carbocycles. The zero-order valence-electron chi connectivity index (χ0n) is 17.0. The highest BCUT2D eigenvalue weighted by molar-refractivity contribution is 5.71. The first-order valence-corrected chi connectivity index (χ1v) is 9.49. The molecule has 1 heterocycles. The molecule has 1 atom stereocenters. The van der Waals surface area contributed by atoms with E-state index in [-0.39, 0.29) is 39.4 Å². The third-order valence-corrected chi connectivity index (χ3v) is 4.78. The van der Waals surface area contributed by atoms with Crippen LogP contribution in [0.4, 0.5) is 17.6 Å². The number of hydrogen-bond donors (Lipinski definition) is 1. The summed E-state index contributed by atoms with van der Waals surface area (Å²) in [6, 6.07) is 7.72. The van der Waals surface area contributed by atoms with Crippen molar-refractivity contribution >= 4 is 0 Å². The number of fused-ring (bicyclic) bond motifs is 1. The van der Waals surface area contributed by atoms with Gasteiger partial charge in [-0.15, -0.1) is 0 Å². The van der Waals surface area contributed by atoms with Crippen molar-refractivity contribution in [3.8, 4) is 28.8 Å². The van der Waals surface area contributed by atoms with E-state index in [0.29, 0.717) is 0 Å². The largest absolute Gasteiger partial charge is 0.457 e. The summed E-state index contributed by atoms with van der Waals surface area (Å²) < 4.78 is 63.3. The van der Waals surface area contributed by atoms with E-state index in [2.05, 4.69) is 5.10 Å². The van der Waals surface area contributed by atoms with Crippen LogP contribution in [-0.4, -0.2) is 20.8 Å². The fraction of sp³-hybridized carbons (Fsp3) is 0.273. The molecule has 0 saturated heterocycles. The number of aromatic nitrogens is 2. The first-order chi connectivity index (χ1) is 14.7. The Morgan fingerprint density at radius 2 is 1.94 bits per heavy atom. The molecule has 5 nitrogen and oxygen atoms in total. The molecule has 0 bridgehead atoms. The fourth-order valence-electron chi connectivity index (χ4n) is 3.51. The van der Waals surface area contributed by atoms with E-state index in [1.54, 1.807) is 6.07 Å². The minimum atomic E-state index is -3.49. The molecule has 3 aromatic rings. The van der Waals surface area contributed by atoms with Crippen molar-refractivity contribution in [1.29, 1.82) is 5.26 Å². The lowest BCUT2D eigenvalue weighted by Crippen LogP contribution is -2.21. The van der Waals surface area contributed by atoms with Crippen molar-refractivity contribution in [1.82, 2.24) is 9.78 Å². The number of hydrogen-bond acceptors (Lipinski definition) is 4. The molecule has 0 aliphatic heterocycles. The summed E-state index contributed by atoms with van der Waals surface area (Å²) in [5.41, 5.74) is -0.195. The van der Waals surface area contributed by atoms with Crippen LogP contribution < -0.4 is 4.74 Å². The zero-order chi connectivity index (χ0) is 22.9. The van der Waals surface area contributed by atoms with E-state index in [0.717, 1.165) is 18.3 Å². The Labute approximate surface area is 176 Å². The van der Waals surface area contributed by atoms with E-state index < -0.39 is 30.1 Å². The van der Waals surface area contributed by atoms with Crippen LogP contribution in [0.2, 0.25) is 0 Å². The average Bonchev–Trinajstić information content (AvgIpc) is 3.19. The summed E-state index contributed by atoms with van der Waals surface area (Å²) in [4.78, 5) is 0. The maximum atomic E-state index is 14.3. The maximum Gasteiger partial charge on any atom is 0.281 e. The van der Waals surface area contributed by atoms with Gasteiger partial charge in [0.1, 0.15) is 29.1 Å². The second kappa shape index (κ2) is 8.40. The number of aliphatic hydroxyl groups is 1. The van der Waals surface area contributed by atoms with Crippen LogP contribution in [0, 0.1) is 23.0 Å². The third kappa shape index (κ3) is 3.99. The van der Waals surface area contributed by atoms with Crippen molar-refractivity contribution in [2.24, 2.45) is 7.05 Å². The first-order valence-electron chi connectivity index (χ1n) is 9.49. The molecule has 0 radical (unpaired) electrons. The molecule has 31 heavy (non-hydrogen) atoms. The number of benzene rings is 2. The topological polar surface area (TPSA) is 71.1 Å². The van der Waals surface area contributed by atoms with Gasteiger partial charge in [-0.2, -0.15) is 10.4 Å². The lowest BCUT2D eigenvalue weighted by atomic mass is 9.98. The predicted octanol–water partition coefficient (Wildman–Crippen LogP) is 5.28. The molecule has 1 N–H and O–H groups in total. The Morgan fingerprint density at radius 1 is 1.23 bits per heavy atom. The van der Waals surface area contributed by atoms with Crippen molar-refractivity contribution in [3.63, 3.8) is 0 Å². The van der Waals surface area contributed by atoms with Crippen LogP contribution in [0.3, 0.4) is 0 Å². The summed E-state index contributed by atoms with van der Waals surface area (Å²) in [7, 11) is 1.45. The van der Waals surface area contributed by atoms with Gasteiger partial charge < -0.3 is 9.84 Å². The van der Waals surface area contributed by atoms with Crippen molar-refractivity contribution in [3.05, 3.63) is 64.9 Å². The lowest BCUT2D eigenvalue weighted by molar-refractivity contribution is -0.0967. The lowest BCUT2D eigenvalue weighted by Gasteiger charge is -2.17. The van der Waals surface area contributed by atoms with Crippen LogP contribution in [0.1, 0.15) is 36.6 Å². The average molecular weight is 433 g/mol. The molecule has 1 aliphatic rings. The highest BCUT2D eigenvalue weighted by Gasteiger charge is 2.49. The van der Waals surface area contributed by atoms with E-state index in [1.807, 2.05) is 13.8 Å². The van der Waals surface area contributed by atoms with Gasteiger partial charge in [-0.25, -0.2) is 17.6 Å². The molecule has 162 valence electrons. The van der Waals surface area contributed by atoms with Gasteiger partial charge >= 0.3 is 0 Å². The van der Waals surface area contributed by atoms with Crippen LogP contribution >= 0.6 is 0 Å². The number of aliphatic hydroxyl groups excluding tert-OH is 1. The Kier molecular flexibility index (Phi) is 6.04. The highest BCUT2D eigenvalue weighted by atomic mass is 19.3.